The molecule has 0 aliphatic carbocycles. The lowest BCUT2D eigenvalue weighted by atomic mass is 10.1. The fourth-order valence-electron chi connectivity index (χ4n) is 2.12. The minimum Gasteiger partial charge on any atom is -0.508 e. The fraction of sp³-hybridized carbons (Fsp3) is 0.133. The van der Waals surface area contributed by atoms with E-state index in [0.717, 1.165) is 28.9 Å². The van der Waals surface area contributed by atoms with E-state index in [-0.39, 0.29) is 5.75 Å². The van der Waals surface area contributed by atoms with Gasteiger partial charge in [0.25, 0.3) is 0 Å². The average Bonchev–Trinajstić information content (AvgIpc) is 2.82. The molecule has 0 atom stereocenters. The first-order chi connectivity index (χ1) is 9.24. The Balaban J connectivity index is 1.90. The molecule has 0 saturated carbocycles. The molecular formula is C15H15N3O. The standard InChI is InChI=1S/C15H15N3O/c16-8-12-3-6-15-17-13(10-18(15)9-12)7-11-1-4-14(19)5-2-11/h1-6,9-10,19H,7-8,16H2. The molecule has 0 amide bonds. The summed E-state index contributed by atoms with van der Waals surface area (Å²) in [4.78, 5) is 4.57. The van der Waals surface area contributed by atoms with Gasteiger partial charge in [-0.1, -0.05) is 18.2 Å². The summed E-state index contributed by atoms with van der Waals surface area (Å²) in [6, 6.07) is 11.2. The minimum atomic E-state index is 0.284. The van der Waals surface area contributed by atoms with E-state index in [2.05, 4.69) is 4.98 Å². The number of pyridine rings is 1. The molecule has 3 aromatic rings. The Morgan fingerprint density at radius 3 is 2.47 bits per heavy atom. The Bertz CT molecular complexity index is 701. The Labute approximate surface area is 111 Å². The number of benzene rings is 1. The number of aromatic hydroxyl groups is 1. The summed E-state index contributed by atoms with van der Waals surface area (Å²) in [7, 11) is 0. The summed E-state index contributed by atoms with van der Waals surface area (Å²) < 4.78 is 2.00. The molecule has 19 heavy (non-hydrogen) atoms. The van der Waals surface area contributed by atoms with Crippen LogP contribution in [0.5, 0.6) is 5.75 Å². The highest BCUT2D eigenvalue weighted by molar-refractivity contribution is 5.42. The van der Waals surface area contributed by atoms with E-state index >= 15 is 0 Å². The molecule has 2 aromatic heterocycles. The molecule has 0 spiro atoms. The maximum absolute atomic E-state index is 9.26. The number of aromatic nitrogens is 2. The first-order valence-corrected chi connectivity index (χ1v) is 6.19. The third-order valence-electron chi connectivity index (χ3n) is 3.12. The van der Waals surface area contributed by atoms with Gasteiger partial charge in [-0.2, -0.15) is 0 Å². The van der Waals surface area contributed by atoms with Gasteiger partial charge < -0.3 is 15.2 Å². The number of phenolic OH excluding ortho intramolecular Hbond substituents is 1. The number of imidazole rings is 1. The summed E-state index contributed by atoms with van der Waals surface area (Å²) in [5.41, 5.74) is 9.76. The van der Waals surface area contributed by atoms with E-state index in [1.165, 1.54) is 0 Å². The van der Waals surface area contributed by atoms with Gasteiger partial charge in [-0.05, 0) is 29.3 Å². The van der Waals surface area contributed by atoms with Crippen LogP contribution in [0, 0.1) is 0 Å². The summed E-state index contributed by atoms with van der Waals surface area (Å²) in [5, 5.41) is 9.26. The summed E-state index contributed by atoms with van der Waals surface area (Å²) in [5.74, 6) is 0.284. The lowest BCUT2D eigenvalue weighted by Crippen LogP contribution is -1.97. The number of nitrogens with two attached hydrogens (primary N) is 1. The van der Waals surface area contributed by atoms with Crippen molar-refractivity contribution in [1.29, 1.82) is 0 Å². The van der Waals surface area contributed by atoms with Crippen LogP contribution in [-0.4, -0.2) is 14.5 Å². The molecule has 0 bridgehead atoms. The van der Waals surface area contributed by atoms with E-state index in [1.54, 1.807) is 12.1 Å². The number of hydrogen-bond acceptors (Lipinski definition) is 3. The second-order valence-corrected chi connectivity index (χ2v) is 4.58. The number of hydrogen-bond donors (Lipinski definition) is 2. The van der Waals surface area contributed by atoms with E-state index in [1.807, 2.05) is 41.1 Å². The minimum absolute atomic E-state index is 0.284. The fourth-order valence-corrected chi connectivity index (χ4v) is 2.12. The molecule has 0 fully saturated rings. The Morgan fingerprint density at radius 2 is 1.74 bits per heavy atom. The molecule has 0 saturated heterocycles. The zero-order valence-corrected chi connectivity index (χ0v) is 10.5. The lowest BCUT2D eigenvalue weighted by Gasteiger charge is -1.97. The van der Waals surface area contributed by atoms with Crippen molar-refractivity contribution in [2.75, 3.05) is 0 Å². The second-order valence-electron chi connectivity index (χ2n) is 4.58. The molecular weight excluding hydrogens is 238 g/mol. The van der Waals surface area contributed by atoms with Gasteiger partial charge in [0.1, 0.15) is 11.4 Å². The Hall–Kier alpha value is -2.33. The van der Waals surface area contributed by atoms with Crippen molar-refractivity contribution in [3.8, 4) is 5.75 Å². The Morgan fingerprint density at radius 1 is 1.00 bits per heavy atom. The summed E-state index contributed by atoms with van der Waals surface area (Å²) >= 11 is 0. The SMILES string of the molecule is NCc1ccc2nc(Cc3ccc(O)cc3)cn2c1. The third kappa shape index (κ3) is 2.44. The van der Waals surface area contributed by atoms with Crippen LogP contribution in [0.25, 0.3) is 5.65 Å². The highest BCUT2D eigenvalue weighted by atomic mass is 16.3. The van der Waals surface area contributed by atoms with Gasteiger partial charge >= 0.3 is 0 Å². The normalized spacial score (nSPS) is 11.0. The van der Waals surface area contributed by atoms with Crippen molar-refractivity contribution in [3.63, 3.8) is 0 Å². The molecule has 1 aromatic carbocycles. The van der Waals surface area contributed by atoms with Crippen LogP contribution in [0.1, 0.15) is 16.8 Å². The monoisotopic (exact) mass is 253 g/mol. The second kappa shape index (κ2) is 4.74. The van der Waals surface area contributed by atoms with E-state index in [0.29, 0.717) is 6.54 Å². The molecule has 4 heteroatoms. The summed E-state index contributed by atoms with van der Waals surface area (Å²) in [6.45, 7) is 0.529. The quantitative estimate of drug-likeness (QED) is 0.751. The van der Waals surface area contributed by atoms with Crippen molar-refractivity contribution >= 4 is 5.65 Å². The highest BCUT2D eigenvalue weighted by Crippen LogP contribution is 2.14. The van der Waals surface area contributed by atoms with Gasteiger partial charge in [-0.3, -0.25) is 0 Å². The van der Waals surface area contributed by atoms with Crippen molar-refractivity contribution < 1.29 is 5.11 Å². The predicted octanol–water partition coefficient (Wildman–Crippen LogP) is 2.09. The largest absolute Gasteiger partial charge is 0.508 e. The van der Waals surface area contributed by atoms with Crippen molar-refractivity contribution in [1.82, 2.24) is 9.38 Å². The first kappa shape index (κ1) is 11.7. The first-order valence-electron chi connectivity index (χ1n) is 6.19. The van der Waals surface area contributed by atoms with Gasteiger partial charge in [-0.25, -0.2) is 4.98 Å². The lowest BCUT2D eigenvalue weighted by molar-refractivity contribution is 0.475. The van der Waals surface area contributed by atoms with Crippen LogP contribution in [-0.2, 0) is 13.0 Å². The number of rotatable bonds is 3. The van der Waals surface area contributed by atoms with Gasteiger partial charge in [0.2, 0.25) is 0 Å². The Kier molecular flexibility index (Phi) is 2.93. The van der Waals surface area contributed by atoms with E-state index < -0.39 is 0 Å². The zero-order valence-electron chi connectivity index (χ0n) is 10.5. The van der Waals surface area contributed by atoms with Gasteiger partial charge in [0.15, 0.2) is 0 Å². The van der Waals surface area contributed by atoms with Crippen LogP contribution in [0.4, 0.5) is 0 Å². The van der Waals surface area contributed by atoms with Crippen LogP contribution in [0.15, 0.2) is 48.8 Å². The van der Waals surface area contributed by atoms with Crippen LogP contribution in [0.3, 0.4) is 0 Å². The topological polar surface area (TPSA) is 63.5 Å². The average molecular weight is 253 g/mol. The molecule has 0 aliphatic rings. The molecule has 96 valence electrons. The number of nitrogens with zero attached hydrogens (tertiary/aromatic N) is 2. The molecule has 3 rings (SSSR count). The molecule has 0 unspecified atom stereocenters. The van der Waals surface area contributed by atoms with Gasteiger partial charge in [0, 0.05) is 25.4 Å². The summed E-state index contributed by atoms with van der Waals surface area (Å²) in [6.07, 6.45) is 4.77. The van der Waals surface area contributed by atoms with E-state index in [4.69, 9.17) is 5.73 Å². The van der Waals surface area contributed by atoms with Crippen molar-refractivity contribution in [3.05, 3.63) is 65.6 Å². The third-order valence-corrected chi connectivity index (χ3v) is 3.12. The van der Waals surface area contributed by atoms with Crippen molar-refractivity contribution in [2.45, 2.75) is 13.0 Å². The number of phenols is 1. The van der Waals surface area contributed by atoms with Crippen LogP contribution < -0.4 is 5.73 Å². The van der Waals surface area contributed by atoms with E-state index in [9.17, 15) is 5.11 Å². The predicted molar refractivity (Wildman–Crippen MR) is 74.0 cm³/mol. The number of fused-ring (bicyclic) bond motifs is 1. The van der Waals surface area contributed by atoms with Crippen LogP contribution >= 0.6 is 0 Å². The maximum Gasteiger partial charge on any atom is 0.137 e. The van der Waals surface area contributed by atoms with Crippen molar-refractivity contribution in [2.24, 2.45) is 5.73 Å². The van der Waals surface area contributed by atoms with Crippen LogP contribution in [0.2, 0.25) is 0 Å². The smallest absolute Gasteiger partial charge is 0.137 e. The molecule has 0 radical (unpaired) electrons. The zero-order chi connectivity index (χ0) is 13.2. The molecule has 4 nitrogen and oxygen atoms in total. The molecule has 2 heterocycles. The van der Waals surface area contributed by atoms with Gasteiger partial charge in [0.05, 0.1) is 5.69 Å². The molecule has 3 N–H and O–H groups in total. The maximum atomic E-state index is 9.26. The highest BCUT2D eigenvalue weighted by Gasteiger charge is 2.03. The van der Waals surface area contributed by atoms with Gasteiger partial charge in [-0.15, -0.1) is 0 Å². The molecule has 0 aliphatic heterocycles.